The zero-order valence-corrected chi connectivity index (χ0v) is 12.9. The molecule has 0 aliphatic heterocycles. The number of aromatic carboxylic acids is 1. The minimum Gasteiger partial charge on any atom is -0.478 e. The molecule has 0 amide bonds. The summed E-state index contributed by atoms with van der Waals surface area (Å²) in [5.41, 5.74) is 1.14. The Bertz CT molecular complexity index is 706. The third-order valence-electron chi connectivity index (χ3n) is 2.89. The molecule has 7 heteroatoms. The lowest BCUT2D eigenvalue weighted by atomic mass is 10.1. The van der Waals surface area contributed by atoms with E-state index in [2.05, 4.69) is 4.72 Å². The SMILES string of the molecule is CC(Cc1ccsc1)NS(=O)(=O)c1ccc(C(=O)O)cc1. The molecule has 2 rings (SSSR count). The molecule has 0 saturated heterocycles. The molecular formula is C14H15NO4S2. The topological polar surface area (TPSA) is 83.5 Å². The first-order valence-corrected chi connectivity index (χ1v) is 8.68. The highest BCUT2D eigenvalue weighted by Gasteiger charge is 2.18. The van der Waals surface area contributed by atoms with E-state index in [1.54, 1.807) is 18.3 Å². The molecular weight excluding hydrogens is 310 g/mol. The highest BCUT2D eigenvalue weighted by molar-refractivity contribution is 7.89. The Balaban J connectivity index is 2.08. The Morgan fingerprint density at radius 3 is 2.48 bits per heavy atom. The van der Waals surface area contributed by atoms with Crippen LogP contribution in [0.15, 0.2) is 46.0 Å². The number of rotatable bonds is 6. The van der Waals surface area contributed by atoms with Gasteiger partial charge in [0.05, 0.1) is 10.5 Å². The first-order chi connectivity index (χ1) is 9.88. The lowest BCUT2D eigenvalue weighted by Crippen LogP contribution is -2.34. The second-order valence-corrected chi connectivity index (χ2v) is 7.18. The second-order valence-electron chi connectivity index (χ2n) is 4.69. The summed E-state index contributed by atoms with van der Waals surface area (Å²) in [7, 11) is -3.64. The molecule has 0 radical (unpaired) electrons. The van der Waals surface area contributed by atoms with Crippen molar-refractivity contribution in [2.45, 2.75) is 24.3 Å². The number of carbonyl (C=O) groups is 1. The molecule has 1 aromatic heterocycles. The van der Waals surface area contributed by atoms with E-state index < -0.39 is 16.0 Å². The third-order valence-corrected chi connectivity index (χ3v) is 5.23. The maximum Gasteiger partial charge on any atom is 0.335 e. The van der Waals surface area contributed by atoms with Gasteiger partial charge in [-0.15, -0.1) is 0 Å². The van der Waals surface area contributed by atoms with E-state index in [0.717, 1.165) is 5.56 Å². The van der Waals surface area contributed by atoms with Crippen LogP contribution in [0.1, 0.15) is 22.8 Å². The molecule has 112 valence electrons. The van der Waals surface area contributed by atoms with Crippen LogP contribution in [0.5, 0.6) is 0 Å². The molecule has 2 aromatic rings. The van der Waals surface area contributed by atoms with Gasteiger partial charge in [-0.05, 0) is 60.0 Å². The first kappa shape index (κ1) is 15.7. The quantitative estimate of drug-likeness (QED) is 0.854. The van der Waals surface area contributed by atoms with Crippen LogP contribution >= 0.6 is 11.3 Å². The van der Waals surface area contributed by atoms with Crippen molar-refractivity contribution in [3.8, 4) is 0 Å². The summed E-state index contributed by atoms with van der Waals surface area (Å²) in [5.74, 6) is -1.09. The second kappa shape index (κ2) is 6.38. The Morgan fingerprint density at radius 1 is 1.29 bits per heavy atom. The monoisotopic (exact) mass is 325 g/mol. The molecule has 1 unspecified atom stereocenters. The molecule has 0 bridgehead atoms. The third kappa shape index (κ3) is 4.13. The summed E-state index contributed by atoms with van der Waals surface area (Å²) in [6, 6.07) is 6.85. The average Bonchev–Trinajstić information content (AvgIpc) is 2.90. The van der Waals surface area contributed by atoms with Crippen LogP contribution < -0.4 is 4.72 Å². The molecule has 21 heavy (non-hydrogen) atoms. The molecule has 1 heterocycles. The van der Waals surface area contributed by atoms with Crippen molar-refractivity contribution < 1.29 is 18.3 Å². The van der Waals surface area contributed by atoms with Crippen LogP contribution in [0.4, 0.5) is 0 Å². The van der Waals surface area contributed by atoms with Crippen molar-refractivity contribution in [2.75, 3.05) is 0 Å². The van der Waals surface area contributed by atoms with Crippen molar-refractivity contribution in [3.05, 3.63) is 52.2 Å². The molecule has 0 spiro atoms. The van der Waals surface area contributed by atoms with E-state index in [4.69, 9.17) is 5.11 Å². The van der Waals surface area contributed by atoms with Gasteiger partial charge >= 0.3 is 5.97 Å². The molecule has 5 nitrogen and oxygen atoms in total. The van der Waals surface area contributed by atoms with Crippen molar-refractivity contribution >= 4 is 27.3 Å². The van der Waals surface area contributed by atoms with Crippen LogP contribution in [-0.2, 0) is 16.4 Å². The standard InChI is InChI=1S/C14H15NO4S2/c1-10(8-11-6-7-20-9-11)15-21(18,19)13-4-2-12(3-5-13)14(16)17/h2-7,9-10,15H,8H2,1H3,(H,16,17). The number of hydrogen-bond donors (Lipinski definition) is 2. The van der Waals surface area contributed by atoms with Gasteiger partial charge in [-0.2, -0.15) is 11.3 Å². The fourth-order valence-corrected chi connectivity index (χ4v) is 3.84. The molecule has 0 aliphatic carbocycles. The predicted molar refractivity (Wildman–Crippen MR) is 81.2 cm³/mol. The van der Waals surface area contributed by atoms with Crippen LogP contribution in [0.3, 0.4) is 0 Å². The Morgan fingerprint density at radius 2 is 1.95 bits per heavy atom. The number of carboxylic acid groups (broad SMARTS) is 1. The van der Waals surface area contributed by atoms with E-state index in [0.29, 0.717) is 6.42 Å². The molecule has 1 atom stereocenters. The van der Waals surface area contributed by atoms with Crippen molar-refractivity contribution in [1.82, 2.24) is 4.72 Å². The summed E-state index contributed by atoms with van der Waals surface area (Å²) < 4.78 is 27.0. The zero-order valence-electron chi connectivity index (χ0n) is 11.3. The van der Waals surface area contributed by atoms with Crippen LogP contribution in [0, 0.1) is 0 Å². The number of benzene rings is 1. The lowest BCUT2D eigenvalue weighted by Gasteiger charge is -2.13. The van der Waals surface area contributed by atoms with E-state index in [1.165, 1.54) is 24.3 Å². The molecule has 1 aromatic carbocycles. The van der Waals surface area contributed by atoms with Gasteiger partial charge in [-0.25, -0.2) is 17.9 Å². The number of nitrogens with one attached hydrogen (secondary N) is 1. The normalized spacial score (nSPS) is 13.0. The van der Waals surface area contributed by atoms with Gasteiger partial charge in [0, 0.05) is 6.04 Å². The van der Waals surface area contributed by atoms with Crippen LogP contribution in [0.25, 0.3) is 0 Å². The molecule has 2 N–H and O–H groups in total. The zero-order chi connectivity index (χ0) is 15.5. The van der Waals surface area contributed by atoms with Gasteiger partial charge < -0.3 is 5.11 Å². The van der Waals surface area contributed by atoms with Gasteiger partial charge in [-0.1, -0.05) is 0 Å². The predicted octanol–water partition coefficient (Wildman–Crippen LogP) is 2.36. The lowest BCUT2D eigenvalue weighted by molar-refractivity contribution is 0.0696. The fraction of sp³-hybridized carbons (Fsp3) is 0.214. The average molecular weight is 325 g/mol. The highest BCUT2D eigenvalue weighted by Crippen LogP contribution is 2.13. The van der Waals surface area contributed by atoms with Crippen molar-refractivity contribution in [3.63, 3.8) is 0 Å². The number of hydrogen-bond acceptors (Lipinski definition) is 4. The Hall–Kier alpha value is -1.70. The smallest absolute Gasteiger partial charge is 0.335 e. The maximum absolute atomic E-state index is 12.2. The Kier molecular flexibility index (Phi) is 4.76. The fourth-order valence-electron chi connectivity index (χ4n) is 1.91. The summed E-state index contributed by atoms with van der Waals surface area (Å²) in [6.45, 7) is 1.79. The van der Waals surface area contributed by atoms with E-state index in [9.17, 15) is 13.2 Å². The number of carboxylic acids is 1. The molecule has 0 aliphatic rings. The van der Waals surface area contributed by atoms with Gasteiger partial charge in [0.15, 0.2) is 0 Å². The number of thiophene rings is 1. The van der Waals surface area contributed by atoms with E-state index >= 15 is 0 Å². The minimum absolute atomic E-state index is 0.0558. The summed E-state index contributed by atoms with van der Waals surface area (Å²) in [4.78, 5) is 10.8. The molecule has 0 saturated carbocycles. The van der Waals surface area contributed by atoms with Gasteiger partial charge in [-0.3, -0.25) is 0 Å². The van der Waals surface area contributed by atoms with Crippen LogP contribution in [-0.4, -0.2) is 25.5 Å². The summed E-state index contributed by atoms with van der Waals surface area (Å²) in [5, 5.41) is 12.7. The van der Waals surface area contributed by atoms with Gasteiger partial charge in [0.1, 0.15) is 0 Å². The largest absolute Gasteiger partial charge is 0.478 e. The van der Waals surface area contributed by atoms with Crippen molar-refractivity contribution in [1.29, 1.82) is 0 Å². The van der Waals surface area contributed by atoms with E-state index in [-0.39, 0.29) is 16.5 Å². The maximum atomic E-state index is 12.2. The van der Waals surface area contributed by atoms with E-state index in [1.807, 2.05) is 16.8 Å². The van der Waals surface area contributed by atoms with Gasteiger partial charge in [0.25, 0.3) is 0 Å². The van der Waals surface area contributed by atoms with Gasteiger partial charge in [0.2, 0.25) is 10.0 Å². The minimum atomic E-state index is -3.64. The summed E-state index contributed by atoms with van der Waals surface area (Å²) in [6.07, 6.45) is 0.607. The number of sulfonamides is 1. The Labute approximate surface area is 127 Å². The first-order valence-electron chi connectivity index (χ1n) is 6.25. The summed E-state index contributed by atoms with van der Waals surface area (Å²) >= 11 is 1.57. The highest BCUT2D eigenvalue weighted by atomic mass is 32.2. The molecule has 0 fully saturated rings. The van der Waals surface area contributed by atoms with Crippen LogP contribution in [0.2, 0.25) is 0 Å². The van der Waals surface area contributed by atoms with Crippen molar-refractivity contribution in [2.24, 2.45) is 0 Å².